The number of anilines is 1. The Balaban J connectivity index is 1.60. The summed E-state index contributed by atoms with van der Waals surface area (Å²) in [5.74, 6) is 0.554. The van der Waals surface area contributed by atoms with Gasteiger partial charge in [0.15, 0.2) is 11.5 Å². The van der Waals surface area contributed by atoms with E-state index in [1.54, 1.807) is 32.0 Å². The van der Waals surface area contributed by atoms with Crippen molar-refractivity contribution < 1.29 is 23.8 Å². The molecule has 0 atom stereocenters. The molecule has 0 saturated heterocycles. The lowest BCUT2D eigenvalue weighted by molar-refractivity contribution is -0.137. The number of benzene rings is 2. The number of hydrogen-bond acceptors (Lipinski definition) is 7. The van der Waals surface area contributed by atoms with E-state index < -0.39 is 5.97 Å². The first-order valence-corrected chi connectivity index (χ1v) is 10.1. The fourth-order valence-corrected chi connectivity index (χ4v) is 3.40. The van der Waals surface area contributed by atoms with Crippen molar-refractivity contribution >= 4 is 29.1 Å². The molecule has 2 heterocycles. The molecule has 0 bridgehead atoms. The molecule has 31 heavy (non-hydrogen) atoms. The minimum Gasteiger partial charge on any atom is -0.486 e. The van der Waals surface area contributed by atoms with Crippen LogP contribution >= 0.6 is 0 Å². The van der Waals surface area contributed by atoms with E-state index in [2.05, 4.69) is 15.6 Å². The smallest absolute Gasteiger partial charge is 0.343 e. The van der Waals surface area contributed by atoms with Crippen molar-refractivity contribution in [2.75, 3.05) is 25.1 Å². The Bertz CT molecular complexity index is 1090. The first-order chi connectivity index (χ1) is 15.0. The number of allylic oxidation sites excluding steroid dienone is 1. The Hall–Kier alpha value is -3.81. The molecule has 8 nitrogen and oxygen atoms in total. The van der Waals surface area contributed by atoms with Crippen molar-refractivity contribution in [3.05, 3.63) is 59.3 Å². The number of amidine groups is 1. The molecule has 160 valence electrons. The standard InChI is InChI=1S/C23H23N3O5/c1-3-29-23(28)21-14(2)24-16-6-4-5-7-17(16)25-22(21)26-20(27)13-15-8-9-18-19(12-15)31-11-10-30-18/h4-9,12,24H,3,10-11,13H2,1-2H3,(H,25,26,27). The average molecular weight is 421 g/mol. The predicted octanol–water partition coefficient (Wildman–Crippen LogP) is 3.11. The highest BCUT2D eigenvalue weighted by Gasteiger charge is 2.26. The van der Waals surface area contributed by atoms with Crippen LogP contribution in [0.2, 0.25) is 0 Å². The summed E-state index contributed by atoms with van der Waals surface area (Å²) in [5.41, 5.74) is 2.83. The van der Waals surface area contributed by atoms with Gasteiger partial charge in [-0.15, -0.1) is 0 Å². The van der Waals surface area contributed by atoms with E-state index in [0.717, 1.165) is 11.3 Å². The van der Waals surface area contributed by atoms with Gasteiger partial charge in [-0.05, 0) is 43.7 Å². The van der Waals surface area contributed by atoms with Crippen LogP contribution in [0.1, 0.15) is 19.4 Å². The lowest BCUT2D eigenvalue weighted by Crippen LogP contribution is -2.36. The summed E-state index contributed by atoms with van der Waals surface area (Å²) in [4.78, 5) is 30.0. The van der Waals surface area contributed by atoms with Gasteiger partial charge in [-0.1, -0.05) is 18.2 Å². The Morgan fingerprint density at radius 2 is 1.90 bits per heavy atom. The van der Waals surface area contributed by atoms with E-state index in [0.29, 0.717) is 36.1 Å². The number of para-hydroxylation sites is 2. The van der Waals surface area contributed by atoms with Crippen LogP contribution in [0.3, 0.4) is 0 Å². The number of hydrogen-bond donors (Lipinski definition) is 2. The molecule has 1 amide bonds. The minimum absolute atomic E-state index is 0.0832. The van der Waals surface area contributed by atoms with E-state index >= 15 is 0 Å². The van der Waals surface area contributed by atoms with Gasteiger partial charge >= 0.3 is 5.97 Å². The number of carbonyl (C=O) groups is 2. The van der Waals surface area contributed by atoms with Crippen LogP contribution in [-0.2, 0) is 20.7 Å². The molecule has 0 radical (unpaired) electrons. The monoisotopic (exact) mass is 421 g/mol. The summed E-state index contributed by atoms with van der Waals surface area (Å²) in [6.45, 7) is 4.66. The summed E-state index contributed by atoms with van der Waals surface area (Å²) in [5, 5.41) is 5.97. The SMILES string of the molecule is CCOC(=O)C1=C(C)Nc2ccccc2N=C1NC(=O)Cc1ccc2c(c1)OCCO2. The molecule has 2 aliphatic rings. The second-order valence-electron chi connectivity index (χ2n) is 7.03. The van der Waals surface area contributed by atoms with Gasteiger partial charge in [-0.25, -0.2) is 9.79 Å². The highest BCUT2D eigenvalue weighted by atomic mass is 16.6. The first-order valence-electron chi connectivity index (χ1n) is 10.1. The molecular formula is C23H23N3O5. The van der Waals surface area contributed by atoms with Crippen LogP contribution in [-0.4, -0.2) is 37.5 Å². The summed E-state index contributed by atoms with van der Waals surface area (Å²) >= 11 is 0. The highest BCUT2D eigenvalue weighted by molar-refractivity contribution is 6.24. The molecule has 0 spiro atoms. The maximum absolute atomic E-state index is 12.8. The van der Waals surface area contributed by atoms with E-state index in [-0.39, 0.29) is 30.3 Å². The van der Waals surface area contributed by atoms with Gasteiger partial charge < -0.3 is 24.8 Å². The number of nitrogens with one attached hydrogen (secondary N) is 2. The van der Waals surface area contributed by atoms with E-state index in [9.17, 15) is 9.59 Å². The summed E-state index contributed by atoms with van der Waals surface area (Å²) < 4.78 is 16.3. The van der Waals surface area contributed by atoms with E-state index in [1.165, 1.54) is 0 Å². The number of carbonyl (C=O) groups excluding carboxylic acids is 2. The van der Waals surface area contributed by atoms with Crippen molar-refractivity contribution in [3.63, 3.8) is 0 Å². The summed E-state index contributed by atoms with van der Waals surface area (Å²) in [6, 6.07) is 12.7. The van der Waals surface area contributed by atoms with Crippen LogP contribution in [0.4, 0.5) is 11.4 Å². The van der Waals surface area contributed by atoms with Gasteiger partial charge in [0.2, 0.25) is 5.91 Å². The third kappa shape index (κ3) is 4.53. The lowest BCUT2D eigenvalue weighted by Gasteiger charge is -2.19. The van der Waals surface area contributed by atoms with E-state index in [1.807, 2.05) is 24.3 Å². The van der Waals surface area contributed by atoms with Crippen LogP contribution in [0.15, 0.2) is 58.7 Å². The number of aliphatic imine (C=N–C) groups is 1. The molecule has 0 aliphatic carbocycles. The topological polar surface area (TPSA) is 98.2 Å². The fraction of sp³-hybridized carbons (Fsp3) is 0.261. The molecule has 2 aromatic rings. The van der Waals surface area contributed by atoms with Crippen molar-refractivity contribution in [2.45, 2.75) is 20.3 Å². The maximum Gasteiger partial charge on any atom is 0.343 e. The normalized spacial score (nSPS) is 14.6. The molecule has 2 aliphatic heterocycles. The van der Waals surface area contributed by atoms with Crippen LogP contribution in [0.25, 0.3) is 0 Å². The zero-order valence-electron chi connectivity index (χ0n) is 17.4. The Morgan fingerprint density at radius 1 is 1.13 bits per heavy atom. The van der Waals surface area contributed by atoms with Gasteiger partial charge in [-0.2, -0.15) is 0 Å². The Morgan fingerprint density at radius 3 is 2.71 bits per heavy atom. The molecular weight excluding hydrogens is 398 g/mol. The largest absolute Gasteiger partial charge is 0.486 e. The first kappa shape index (κ1) is 20.5. The van der Waals surface area contributed by atoms with Gasteiger partial charge in [0.05, 0.1) is 24.4 Å². The zero-order chi connectivity index (χ0) is 21.8. The fourth-order valence-electron chi connectivity index (χ4n) is 3.40. The second-order valence-corrected chi connectivity index (χ2v) is 7.03. The molecule has 8 heteroatoms. The Kier molecular flexibility index (Phi) is 5.88. The quantitative estimate of drug-likeness (QED) is 0.736. The average Bonchev–Trinajstić information content (AvgIpc) is 2.88. The highest BCUT2D eigenvalue weighted by Crippen LogP contribution is 2.32. The van der Waals surface area contributed by atoms with Crippen LogP contribution in [0.5, 0.6) is 11.5 Å². The van der Waals surface area contributed by atoms with Gasteiger partial charge in [0.1, 0.15) is 24.6 Å². The molecule has 0 aromatic heterocycles. The molecule has 0 saturated carbocycles. The number of fused-ring (bicyclic) bond motifs is 2. The molecule has 0 unspecified atom stereocenters. The van der Waals surface area contributed by atoms with Crippen molar-refractivity contribution in [1.82, 2.24) is 5.32 Å². The minimum atomic E-state index is -0.557. The predicted molar refractivity (Wildman–Crippen MR) is 116 cm³/mol. The summed E-state index contributed by atoms with van der Waals surface area (Å²) in [6.07, 6.45) is 0.0832. The Labute approximate surface area is 179 Å². The zero-order valence-corrected chi connectivity index (χ0v) is 17.4. The third-order valence-corrected chi connectivity index (χ3v) is 4.78. The van der Waals surface area contributed by atoms with Crippen molar-refractivity contribution in [2.24, 2.45) is 4.99 Å². The lowest BCUT2D eigenvalue weighted by atomic mass is 10.1. The number of nitrogens with zero attached hydrogens (tertiary/aromatic N) is 1. The number of ether oxygens (including phenoxy) is 3. The molecule has 0 fully saturated rings. The summed E-state index contributed by atoms with van der Waals surface area (Å²) in [7, 11) is 0. The van der Waals surface area contributed by atoms with Gasteiger partial charge in [-0.3, -0.25) is 4.79 Å². The van der Waals surface area contributed by atoms with Gasteiger partial charge in [0, 0.05) is 5.70 Å². The second kappa shape index (κ2) is 8.91. The number of rotatable bonds is 4. The van der Waals surface area contributed by atoms with Crippen molar-refractivity contribution in [3.8, 4) is 11.5 Å². The van der Waals surface area contributed by atoms with Gasteiger partial charge in [0.25, 0.3) is 0 Å². The van der Waals surface area contributed by atoms with E-state index in [4.69, 9.17) is 14.2 Å². The molecule has 2 N–H and O–H groups in total. The molecule has 4 rings (SSSR count). The van der Waals surface area contributed by atoms with Crippen LogP contribution in [0, 0.1) is 0 Å². The third-order valence-electron chi connectivity index (χ3n) is 4.78. The maximum atomic E-state index is 12.8. The molecule has 2 aromatic carbocycles. The van der Waals surface area contributed by atoms with Crippen LogP contribution < -0.4 is 20.1 Å². The number of esters is 1. The van der Waals surface area contributed by atoms with Crippen molar-refractivity contribution in [1.29, 1.82) is 0 Å². The number of amides is 1.